The average molecular weight is 415 g/mol. The molecule has 0 saturated heterocycles. The lowest BCUT2D eigenvalue weighted by molar-refractivity contribution is 0.561. The highest BCUT2D eigenvalue weighted by Crippen LogP contribution is 2.29. The Labute approximate surface area is 142 Å². The molecule has 1 nitrogen and oxygen atoms in total. The van der Waals surface area contributed by atoms with Crippen LogP contribution in [0.15, 0.2) is 51.4 Å². The first kappa shape index (κ1) is 16.7. The van der Waals surface area contributed by atoms with E-state index in [0.717, 1.165) is 27.6 Å². The summed E-state index contributed by atoms with van der Waals surface area (Å²) in [7, 11) is 0. The van der Waals surface area contributed by atoms with Crippen molar-refractivity contribution in [2.24, 2.45) is 0 Å². The maximum absolute atomic E-state index is 14.1. The Morgan fingerprint density at radius 2 is 1.90 bits per heavy atom. The number of nitrogens with one attached hydrogen (secondary N) is 1. The monoisotopic (exact) mass is 413 g/mol. The minimum absolute atomic E-state index is 0.155. The van der Waals surface area contributed by atoms with Crippen molar-refractivity contribution >= 4 is 31.9 Å². The fourth-order valence-corrected chi connectivity index (χ4v) is 3.31. The summed E-state index contributed by atoms with van der Waals surface area (Å²) in [4.78, 5) is 0. The van der Waals surface area contributed by atoms with Gasteiger partial charge >= 0.3 is 0 Å². The van der Waals surface area contributed by atoms with Crippen LogP contribution >= 0.6 is 31.9 Å². The Morgan fingerprint density at radius 1 is 1.14 bits per heavy atom. The van der Waals surface area contributed by atoms with Gasteiger partial charge in [-0.05, 0) is 42.3 Å². The van der Waals surface area contributed by atoms with Crippen molar-refractivity contribution in [2.75, 3.05) is 13.1 Å². The third-order valence-corrected chi connectivity index (χ3v) is 4.68. The first-order valence-corrected chi connectivity index (χ1v) is 8.59. The smallest absolute Gasteiger partial charge is 0.127 e. The molecule has 0 saturated carbocycles. The Balaban J connectivity index is 2.26. The number of benzene rings is 2. The molecule has 0 amide bonds. The fourth-order valence-electron chi connectivity index (χ4n) is 2.37. The van der Waals surface area contributed by atoms with Gasteiger partial charge in [0.1, 0.15) is 5.82 Å². The average Bonchev–Trinajstić information content (AvgIpc) is 2.46. The normalized spacial score (nSPS) is 12.4. The zero-order chi connectivity index (χ0) is 15.2. The standard InChI is InChI=1S/C17H18Br2FN/c1-2-21-11-13(15-5-3-4-6-16(15)19)9-12-7-8-14(18)10-17(12)20/h3-8,10,13,21H,2,9,11H2,1H3. The van der Waals surface area contributed by atoms with Gasteiger partial charge in [-0.3, -0.25) is 0 Å². The number of rotatable bonds is 6. The maximum atomic E-state index is 14.1. The highest BCUT2D eigenvalue weighted by molar-refractivity contribution is 9.10. The van der Waals surface area contributed by atoms with Crippen LogP contribution in [-0.2, 0) is 6.42 Å². The van der Waals surface area contributed by atoms with Crippen molar-refractivity contribution in [2.45, 2.75) is 19.3 Å². The summed E-state index contributed by atoms with van der Waals surface area (Å²) in [5, 5.41) is 3.37. The van der Waals surface area contributed by atoms with E-state index in [-0.39, 0.29) is 11.7 Å². The lowest BCUT2D eigenvalue weighted by atomic mass is 9.91. The number of hydrogen-bond donors (Lipinski definition) is 1. The van der Waals surface area contributed by atoms with Crippen molar-refractivity contribution in [3.05, 3.63) is 68.4 Å². The number of hydrogen-bond acceptors (Lipinski definition) is 1. The fraction of sp³-hybridized carbons (Fsp3) is 0.294. The molecule has 21 heavy (non-hydrogen) atoms. The van der Waals surface area contributed by atoms with Crippen LogP contribution in [0.1, 0.15) is 24.0 Å². The van der Waals surface area contributed by atoms with Crippen LogP contribution in [0, 0.1) is 5.82 Å². The van der Waals surface area contributed by atoms with E-state index in [9.17, 15) is 4.39 Å². The first-order valence-electron chi connectivity index (χ1n) is 7.01. The zero-order valence-electron chi connectivity index (χ0n) is 11.9. The molecule has 0 aliphatic heterocycles. The summed E-state index contributed by atoms with van der Waals surface area (Å²) < 4.78 is 15.9. The molecule has 0 radical (unpaired) electrons. The predicted molar refractivity (Wildman–Crippen MR) is 93.2 cm³/mol. The molecular weight excluding hydrogens is 397 g/mol. The summed E-state index contributed by atoms with van der Waals surface area (Å²) in [6, 6.07) is 13.4. The highest BCUT2D eigenvalue weighted by atomic mass is 79.9. The predicted octanol–water partition coefficient (Wildman–Crippen LogP) is 5.29. The van der Waals surface area contributed by atoms with Crippen molar-refractivity contribution in [3.63, 3.8) is 0 Å². The summed E-state index contributed by atoms with van der Waals surface area (Å²) >= 11 is 6.90. The van der Waals surface area contributed by atoms with Gasteiger partial charge in [-0.25, -0.2) is 4.39 Å². The van der Waals surface area contributed by atoms with Gasteiger partial charge in [-0.2, -0.15) is 0 Å². The van der Waals surface area contributed by atoms with Crippen LogP contribution < -0.4 is 5.32 Å². The molecule has 0 aliphatic carbocycles. The van der Waals surface area contributed by atoms with Crippen LogP contribution in [0.4, 0.5) is 4.39 Å². The van der Waals surface area contributed by atoms with E-state index >= 15 is 0 Å². The van der Waals surface area contributed by atoms with Crippen LogP contribution in [0.5, 0.6) is 0 Å². The molecule has 1 atom stereocenters. The largest absolute Gasteiger partial charge is 0.316 e. The lowest BCUT2D eigenvalue weighted by Crippen LogP contribution is -2.23. The Morgan fingerprint density at radius 3 is 2.57 bits per heavy atom. The molecule has 4 heteroatoms. The zero-order valence-corrected chi connectivity index (χ0v) is 15.0. The molecule has 1 N–H and O–H groups in total. The molecule has 2 aromatic rings. The van der Waals surface area contributed by atoms with Gasteiger partial charge < -0.3 is 5.32 Å². The molecule has 2 rings (SSSR count). The summed E-state index contributed by atoms with van der Waals surface area (Å²) in [6.45, 7) is 3.82. The quantitative estimate of drug-likeness (QED) is 0.677. The molecule has 0 bridgehead atoms. The van der Waals surface area contributed by atoms with Gasteiger partial charge in [0, 0.05) is 21.4 Å². The van der Waals surface area contributed by atoms with Crippen LogP contribution in [0.25, 0.3) is 0 Å². The third kappa shape index (κ3) is 4.63. The number of halogens is 3. The van der Waals surface area contributed by atoms with Crippen molar-refractivity contribution in [1.29, 1.82) is 0 Å². The van der Waals surface area contributed by atoms with E-state index < -0.39 is 0 Å². The van der Waals surface area contributed by atoms with Crippen LogP contribution in [-0.4, -0.2) is 13.1 Å². The first-order chi connectivity index (χ1) is 10.1. The second kappa shape index (κ2) is 8.06. The lowest BCUT2D eigenvalue weighted by Gasteiger charge is -2.20. The SMILES string of the molecule is CCNCC(Cc1ccc(Br)cc1F)c1ccccc1Br. The molecular formula is C17H18Br2FN. The highest BCUT2D eigenvalue weighted by Gasteiger charge is 2.16. The van der Waals surface area contributed by atoms with Gasteiger partial charge in [-0.1, -0.05) is 63.0 Å². The van der Waals surface area contributed by atoms with E-state index in [2.05, 4.69) is 50.2 Å². The minimum atomic E-state index is -0.155. The minimum Gasteiger partial charge on any atom is -0.316 e. The topological polar surface area (TPSA) is 12.0 Å². The Hall–Kier alpha value is -0.710. The van der Waals surface area contributed by atoms with E-state index in [1.807, 2.05) is 30.3 Å². The van der Waals surface area contributed by atoms with Gasteiger partial charge in [-0.15, -0.1) is 0 Å². The van der Waals surface area contributed by atoms with E-state index in [4.69, 9.17) is 0 Å². The van der Waals surface area contributed by atoms with Crippen LogP contribution in [0.2, 0.25) is 0 Å². The summed E-state index contributed by atoms with van der Waals surface area (Å²) in [5.74, 6) is 0.0779. The molecule has 0 aliphatic rings. The van der Waals surface area contributed by atoms with E-state index in [1.165, 1.54) is 11.6 Å². The molecule has 0 aromatic heterocycles. The molecule has 2 aromatic carbocycles. The Kier molecular flexibility index (Phi) is 6.40. The van der Waals surface area contributed by atoms with Gasteiger partial charge in [0.25, 0.3) is 0 Å². The second-order valence-corrected chi connectivity index (χ2v) is 6.74. The number of likely N-dealkylation sites (N-methyl/N-ethyl adjacent to an activating group) is 1. The second-order valence-electron chi connectivity index (χ2n) is 4.97. The molecule has 0 fully saturated rings. The van der Waals surface area contributed by atoms with Crippen molar-refractivity contribution in [1.82, 2.24) is 5.32 Å². The summed E-state index contributed by atoms with van der Waals surface area (Å²) in [5.41, 5.74) is 1.96. The van der Waals surface area contributed by atoms with E-state index in [0.29, 0.717) is 6.42 Å². The maximum Gasteiger partial charge on any atom is 0.127 e. The molecule has 1 unspecified atom stereocenters. The van der Waals surface area contributed by atoms with Gasteiger partial charge in [0.15, 0.2) is 0 Å². The van der Waals surface area contributed by atoms with E-state index in [1.54, 1.807) is 0 Å². The molecule has 0 heterocycles. The van der Waals surface area contributed by atoms with Crippen molar-refractivity contribution in [3.8, 4) is 0 Å². The van der Waals surface area contributed by atoms with Crippen LogP contribution in [0.3, 0.4) is 0 Å². The molecule has 0 spiro atoms. The molecule has 112 valence electrons. The third-order valence-electron chi connectivity index (χ3n) is 3.47. The van der Waals surface area contributed by atoms with Gasteiger partial charge in [0.2, 0.25) is 0 Å². The summed E-state index contributed by atoms with van der Waals surface area (Å²) in [6.07, 6.45) is 0.675. The Bertz CT molecular complexity index is 601. The van der Waals surface area contributed by atoms with Crippen molar-refractivity contribution < 1.29 is 4.39 Å². The van der Waals surface area contributed by atoms with Gasteiger partial charge in [0.05, 0.1) is 0 Å².